The molecular weight excluding hydrogens is 583 g/mol. The van der Waals surface area contributed by atoms with E-state index in [4.69, 9.17) is 20.3 Å². The molecule has 0 aliphatic heterocycles. The van der Waals surface area contributed by atoms with E-state index >= 15 is 0 Å². The maximum absolute atomic E-state index is 11.1. The highest BCUT2D eigenvalue weighted by Gasteiger charge is 2.12. The second-order valence-electron chi connectivity index (χ2n) is 6.42. The molecule has 0 radical (unpaired) electrons. The minimum atomic E-state index is -3.57. The lowest BCUT2D eigenvalue weighted by Gasteiger charge is -1.94. The molecule has 6 N–H and O–H groups in total. The van der Waals surface area contributed by atoms with Crippen LogP contribution in [0, 0.1) is 0 Å². The van der Waals surface area contributed by atoms with E-state index in [1.165, 1.54) is 23.5 Å². The van der Waals surface area contributed by atoms with Crippen LogP contribution in [-0.2, 0) is 20.0 Å². The van der Waals surface area contributed by atoms with E-state index in [1.54, 1.807) is 36.4 Å². The van der Waals surface area contributed by atoms with Crippen LogP contribution in [0.4, 0.5) is 0 Å². The Labute approximate surface area is 214 Å². The molecule has 0 bridgehead atoms. The van der Waals surface area contributed by atoms with Crippen LogP contribution in [0.25, 0.3) is 10.4 Å². The van der Waals surface area contributed by atoms with Gasteiger partial charge in [0.2, 0.25) is 20.0 Å². The van der Waals surface area contributed by atoms with Gasteiger partial charge in [0.05, 0.1) is 3.79 Å². The zero-order valence-corrected chi connectivity index (χ0v) is 22.2. The van der Waals surface area contributed by atoms with Gasteiger partial charge in [0, 0.05) is 4.88 Å². The molecule has 0 fully saturated rings. The Kier molecular flexibility index (Phi) is 10.6. The van der Waals surface area contributed by atoms with E-state index in [0.29, 0.717) is 5.46 Å². The molecule has 0 saturated heterocycles. The van der Waals surface area contributed by atoms with Crippen molar-refractivity contribution in [2.24, 2.45) is 10.3 Å². The number of sulfonamides is 2. The van der Waals surface area contributed by atoms with Gasteiger partial charge in [-0.2, -0.15) is 0 Å². The average molecular weight is 603 g/mol. The van der Waals surface area contributed by atoms with Gasteiger partial charge in [0.1, 0.15) is 8.42 Å². The maximum atomic E-state index is 11.1. The van der Waals surface area contributed by atoms with Crippen molar-refractivity contribution in [3.05, 3.63) is 88.7 Å². The van der Waals surface area contributed by atoms with Crippen molar-refractivity contribution < 1.29 is 26.9 Å². The Morgan fingerprint density at radius 1 is 0.676 bits per heavy atom. The van der Waals surface area contributed by atoms with Crippen LogP contribution in [0.3, 0.4) is 0 Å². The highest BCUT2D eigenvalue weighted by molar-refractivity contribution is 9.11. The van der Waals surface area contributed by atoms with Gasteiger partial charge >= 0.3 is 7.12 Å². The van der Waals surface area contributed by atoms with Crippen molar-refractivity contribution in [3.8, 4) is 10.4 Å². The first-order chi connectivity index (χ1) is 15.9. The summed E-state index contributed by atoms with van der Waals surface area (Å²) < 4.78 is 44.5. The summed E-state index contributed by atoms with van der Waals surface area (Å²) in [5, 5.41) is 27.0. The fourth-order valence-corrected chi connectivity index (χ4v) is 6.47. The molecule has 0 amide bonds. The molecule has 8 nitrogen and oxygen atoms in total. The predicted octanol–water partition coefficient (Wildman–Crippen LogP) is 2.59. The molecule has 2 aromatic carbocycles. The third-order valence-electron chi connectivity index (χ3n) is 3.85. The molecule has 0 saturated carbocycles. The van der Waals surface area contributed by atoms with Gasteiger partial charge < -0.3 is 10.0 Å². The van der Waals surface area contributed by atoms with Gasteiger partial charge in [-0.05, 0) is 51.2 Å². The summed E-state index contributed by atoms with van der Waals surface area (Å²) in [6, 6.07) is 24.6. The van der Waals surface area contributed by atoms with Gasteiger partial charge in [-0.1, -0.05) is 60.7 Å². The van der Waals surface area contributed by atoms with E-state index in [-0.39, 0.29) is 8.42 Å². The standard InChI is InChI=1S/C10H9NO2S2.C6H7BO2.C4H4BrNO2S2/c11-15(12,13)10-7-6-9(14-10)8-4-2-1-3-5-8;8-7(9)6-4-2-1-3-5-6;5-3-1-2-4(9-3)10(6,7)8/h1-7H,(H2,11,12,13);1-5,8-9H;1-2H,(H2,6,7,8). The quantitative estimate of drug-likeness (QED) is 0.263. The second-order valence-corrected chi connectivity index (χ2v) is 13.5. The molecule has 0 aliphatic rings. The summed E-state index contributed by atoms with van der Waals surface area (Å²) >= 11 is 5.40. The normalized spacial score (nSPS) is 11.0. The molecule has 14 heteroatoms. The predicted molar refractivity (Wildman–Crippen MR) is 141 cm³/mol. The van der Waals surface area contributed by atoms with Crippen LogP contribution >= 0.6 is 38.6 Å². The van der Waals surface area contributed by atoms with Crippen LogP contribution in [-0.4, -0.2) is 34.0 Å². The molecule has 0 spiro atoms. The zero-order valence-electron chi connectivity index (χ0n) is 17.4. The highest BCUT2D eigenvalue weighted by Crippen LogP contribution is 2.29. The summed E-state index contributed by atoms with van der Waals surface area (Å²) in [5.41, 5.74) is 1.52. The van der Waals surface area contributed by atoms with Gasteiger partial charge in [0.25, 0.3) is 0 Å². The lowest BCUT2D eigenvalue weighted by molar-refractivity contribution is 0.426. The molecule has 0 atom stereocenters. The summed E-state index contributed by atoms with van der Waals surface area (Å²) in [6.45, 7) is 0. The monoisotopic (exact) mass is 602 g/mol. The fourth-order valence-electron chi connectivity index (χ4n) is 2.31. The first-order valence-corrected chi connectivity index (χ1v) is 14.8. The topological polar surface area (TPSA) is 161 Å². The summed E-state index contributed by atoms with van der Waals surface area (Å²) in [4.78, 5) is 0.902. The van der Waals surface area contributed by atoms with Crippen LogP contribution in [0.5, 0.6) is 0 Å². The summed E-state index contributed by atoms with van der Waals surface area (Å²) in [5.74, 6) is 0. The number of thiophene rings is 2. The van der Waals surface area contributed by atoms with E-state index in [0.717, 1.165) is 25.6 Å². The fraction of sp³-hybridized carbons (Fsp3) is 0. The molecule has 0 aliphatic carbocycles. The minimum Gasteiger partial charge on any atom is -0.423 e. The van der Waals surface area contributed by atoms with Crippen molar-refractivity contribution >= 4 is 71.2 Å². The molecule has 4 rings (SSSR count). The number of rotatable bonds is 4. The van der Waals surface area contributed by atoms with Crippen molar-refractivity contribution in [2.75, 3.05) is 0 Å². The Balaban J connectivity index is 0.000000189. The van der Waals surface area contributed by atoms with Crippen molar-refractivity contribution in [1.82, 2.24) is 0 Å². The summed E-state index contributed by atoms with van der Waals surface area (Å²) in [6.07, 6.45) is 0. The first-order valence-electron chi connectivity index (χ1n) is 9.25. The van der Waals surface area contributed by atoms with Crippen molar-refractivity contribution in [2.45, 2.75) is 8.42 Å². The van der Waals surface area contributed by atoms with E-state index < -0.39 is 27.2 Å². The largest absolute Gasteiger partial charge is 0.488 e. The van der Waals surface area contributed by atoms with Gasteiger partial charge in [0.15, 0.2) is 0 Å². The number of benzene rings is 2. The Morgan fingerprint density at radius 3 is 1.50 bits per heavy atom. The van der Waals surface area contributed by atoms with Crippen molar-refractivity contribution in [1.29, 1.82) is 0 Å². The highest BCUT2D eigenvalue weighted by atomic mass is 79.9. The molecule has 4 aromatic rings. The third-order valence-corrected chi connectivity index (χ3v) is 9.48. The lowest BCUT2D eigenvalue weighted by Crippen LogP contribution is -2.29. The molecular formula is C20H20BBrN2O6S4. The molecule has 34 heavy (non-hydrogen) atoms. The molecule has 0 unspecified atom stereocenters. The number of primary sulfonamides is 2. The SMILES string of the molecule is NS(=O)(=O)c1ccc(-c2ccccc2)s1.NS(=O)(=O)c1ccc(Br)s1.OB(O)c1ccccc1. The second kappa shape index (κ2) is 12.7. The van der Waals surface area contributed by atoms with Crippen LogP contribution < -0.4 is 15.7 Å². The maximum Gasteiger partial charge on any atom is 0.488 e. The Hall–Kier alpha value is -1.88. The Bertz CT molecular complexity index is 1390. The molecule has 2 heterocycles. The van der Waals surface area contributed by atoms with Crippen LogP contribution in [0.2, 0.25) is 0 Å². The van der Waals surface area contributed by atoms with E-state index in [2.05, 4.69) is 15.9 Å². The molecule has 2 aromatic heterocycles. The lowest BCUT2D eigenvalue weighted by atomic mass is 9.81. The Morgan fingerprint density at radius 2 is 1.15 bits per heavy atom. The number of halogens is 1. The van der Waals surface area contributed by atoms with E-state index in [1.807, 2.05) is 36.4 Å². The summed E-state index contributed by atoms with van der Waals surface area (Å²) in [7, 11) is -8.41. The van der Waals surface area contributed by atoms with Crippen LogP contribution in [0.15, 0.2) is 97.1 Å². The minimum absolute atomic E-state index is 0.180. The number of hydrogen-bond acceptors (Lipinski definition) is 8. The third kappa shape index (κ3) is 9.41. The van der Waals surface area contributed by atoms with E-state index in [9.17, 15) is 16.8 Å². The average Bonchev–Trinajstić information content (AvgIpc) is 3.45. The van der Waals surface area contributed by atoms with Gasteiger partial charge in [-0.25, -0.2) is 27.1 Å². The number of nitrogens with two attached hydrogens (primary N) is 2. The van der Waals surface area contributed by atoms with Crippen LogP contribution in [0.1, 0.15) is 0 Å². The smallest absolute Gasteiger partial charge is 0.423 e. The first kappa shape index (κ1) is 28.4. The van der Waals surface area contributed by atoms with Gasteiger partial charge in [-0.15, -0.1) is 22.7 Å². The van der Waals surface area contributed by atoms with Gasteiger partial charge in [-0.3, -0.25) is 0 Å². The van der Waals surface area contributed by atoms with Crippen molar-refractivity contribution in [3.63, 3.8) is 0 Å². The zero-order chi connectivity index (χ0) is 25.4. The molecule has 180 valence electrons. The number of hydrogen-bond donors (Lipinski definition) is 4.